The summed E-state index contributed by atoms with van der Waals surface area (Å²) in [7, 11) is 0. The van der Waals surface area contributed by atoms with Gasteiger partial charge in [-0.1, -0.05) is 47.5 Å². The minimum absolute atomic E-state index is 0.129. The first-order valence-corrected chi connectivity index (χ1v) is 10.3. The highest BCUT2D eigenvalue weighted by Gasteiger charge is 2.20. The van der Waals surface area contributed by atoms with E-state index < -0.39 is 0 Å². The van der Waals surface area contributed by atoms with Gasteiger partial charge in [0.1, 0.15) is 0 Å². The number of rotatable bonds is 4. The maximum Gasteiger partial charge on any atom is 0.252 e. The fourth-order valence-corrected chi connectivity index (χ4v) is 4.36. The van der Waals surface area contributed by atoms with Gasteiger partial charge in [-0.15, -0.1) is 11.3 Å². The van der Waals surface area contributed by atoms with Crippen LogP contribution in [0.25, 0.3) is 22.2 Å². The van der Waals surface area contributed by atoms with E-state index in [1.807, 2.05) is 54.8 Å². The average molecular weight is 427 g/mol. The highest BCUT2D eigenvalue weighted by Crippen LogP contribution is 2.34. The van der Waals surface area contributed by atoms with Crippen molar-refractivity contribution in [3.05, 3.63) is 86.0 Å². The molecule has 1 amide bonds. The maximum absolute atomic E-state index is 13.1. The van der Waals surface area contributed by atoms with Crippen molar-refractivity contribution in [2.75, 3.05) is 0 Å². The number of hydrogen-bond acceptors (Lipinski definition) is 3. The highest BCUT2D eigenvalue weighted by molar-refractivity contribution is 7.09. The number of thiophene rings is 1. The van der Waals surface area contributed by atoms with Crippen molar-refractivity contribution in [3.8, 4) is 11.3 Å². The topological polar surface area (TPSA) is 42.0 Å². The summed E-state index contributed by atoms with van der Waals surface area (Å²) >= 11 is 14.1. The minimum Gasteiger partial charge on any atom is -0.347 e. The molecule has 0 aliphatic rings. The molecule has 0 saturated heterocycles. The normalized spacial score (nSPS) is 11.0. The van der Waals surface area contributed by atoms with Crippen molar-refractivity contribution < 1.29 is 4.79 Å². The molecule has 6 heteroatoms. The molecule has 0 saturated carbocycles. The van der Waals surface area contributed by atoms with Gasteiger partial charge in [0.2, 0.25) is 0 Å². The van der Waals surface area contributed by atoms with Crippen LogP contribution in [0.5, 0.6) is 0 Å². The van der Waals surface area contributed by atoms with E-state index in [-0.39, 0.29) is 5.91 Å². The number of benzene rings is 2. The lowest BCUT2D eigenvalue weighted by Gasteiger charge is -2.15. The zero-order chi connectivity index (χ0) is 19.7. The van der Waals surface area contributed by atoms with Gasteiger partial charge in [-0.2, -0.15) is 0 Å². The predicted molar refractivity (Wildman–Crippen MR) is 117 cm³/mol. The van der Waals surface area contributed by atoms with Gasteiger partial charge in [-0.05, 0) is 48.2 Å². The number of carbonyl (C=O) groups is 1. The molecule has 4 aromatic rings. The summed E-state index contributed by atoms with van der Waals surface area (Å²) in [6.07, 6.45) is 0. The van der Waals surface area contributed by atoms with Crippen LogP contribution in [0.4, 0.5) is 0 Å². The summed E-state index contributed by atoms with van der Waals surface area (Å²) in [5, 5.41) is 6.90. The monoisotopic (exact) mass is 426 g/mol. The Hall–Kier alpha value is -2.40. The lowest BCUT2D eigenvalue weighted by atomic mass is 9.97. The van der Waals surface area contributed by atoms with Crippen LogP contribution in [0, 0.1) is 6.92 Å². The molecule has 0 spiro atoms. The molecule has 0 aliphatic carbocycles. The Labute approximate surface area is 177 Å². The molecule has 2 heterocycles. The standard InChI is InChI=1S/C22H16Cl2N2OS/c1-13-20(22(27)25-12-15-5-4-10-28-15)17-6-2-3-7-19(17)26-21(13)16-9-8-14(23)11-18(16)24/h2-11H,12H2,1H3,(H,25,27). The molecular weight excluding hydrogens is 411 g/mol. The van der Waals surface area contributed by atoms with E-state index in [0.717, 1.165) is 26.9 Å². The van der Waals surface area contributed by atoms with Gasteiger partial charge in [-0.25, -0.2) is 4.98 Å². The summed E-state index contributed by atoms with van der Waals surface area (Å²) in [4.78, 5) is 19.0. The molecule has 140 valence electrons. The van der Waals surface area contributed by atoms with Crippen LogP contribution in [0.3, 0.4) is 0 Å². The average Bonchev–Trinajstić information content (AvgIpc) is 3.20. The van der Waals surface area contributed by atoms with Crippen molar-refractivity contribution in [2.24, 2.45) is 0 Å². The number of nitrogens with one attached hydrogen (secondary N) is 1. The second kappa shape index (κ2) is 7.92. The second-order valence-electron chi connectivity index (χ2n) is 6.36. The first-order chi connectivity index (χ1) is 13.5. The highest BCUT2D eigenvalue weighted by atomic mass is 35.5. The fourth-order valence-electron chi connectivity index (χ4n) is 3.21. The van der Waals surface area contributed by atoms with Gasteiger partial charge >= 0.3 is 0 Å². The van der Waals surface area contributed by atoms with Crippen LogP contribution in [0.15, 0.2) is 60.0 Å². The van der Waals surface area contributed by atoms with Crippen LogP contribution in [0.1, 0.15) is 20.8 Å². The van der Waals surface area contributed by atoms with E-state index in [9.17, 15) is 4.79 Å². The van der Waals surface area contributed by atoms with Gasteiger partial charge in [0.15, 0.2) is 0 Å². The van der Waals surface area contributed by atoms with Gasteiger partial charge in [0, 0.05) is 20.8 Å². The molecule has 2 aromatic heterocycles. The van der Waals surface area contributed by atoms with E-state index in [2.05, 4.69) is 5.32 Å². The Kier molecular flexibility index (Phi) is 5.36. The Morgan fingerprint density at radius 3 is 2.68 bits per heavy atom. The van der Waals surface area contributed by atoms with Crippen LogP contribution in [-0.2, 0) is 6.54 Å². The first kappa shape index (κ1) is 18.9. The third-order valence-corrected chi connectivity index (χ3v) is 5.98. The number of carbonyl (C=O) groups excluding carboxylic acids is 1. The molecule has 3 nitrogen and oxygen atoms in total. The van der Waals surface area contributed by atoms with Crippen LogP contribution in [-0.4, -0.2) is 10.9 Å². The largest absolute Gasteiger partial charge is 0.347 e. The molecule has 0 radical (unpaired) electrons. The SMILES string of the molecule is Cc1c(-c2ccc(Cl)cc2Cl)nc2ccccc2c1C(=O)NCc1cccs1. The summed E-state index contributed by atoms with van der Waals surface area (Å²) in [5.41, 5.74) is 3.58. The number of fused-ring (bicyclic) bond motifs is 1. The molecule has 1 N–H and O–H groups in total. The van der Waals surface area contributed by atoms with Gasteiger partial charge in [0.25, 0.3) is 5.91 Å². The third kappa shape index (κ3) is 3.63. The number of pyridine rings is 1. The Bertz CT molecular complexity index is 1170. The predicted octanol–water partition coefficient (Wildman–Crippen LogP) is 6.51. The van der Waals surface area contributed by atoms with Crippen molar-refractivity contribution in [1.29, 1.82) is 0 Å². The van der Waals surface area contributed by atoms with E-state index in [1.165, 1.54) is 0 Å². The zero-order valence-corrected chi connectivity index (χ0v) is 17.3. The van der Waals surface area contributed by atoms with Gasteiger partial charge < -0.3 is 5.32 Å². The minimum atomic E-state index is -0.129. The van der Waals surface area contributed by atoms with Gasteiger partial charge in [-0.3, -0.25) is 4.79 Å². The Morgan fingerprint density at radius 2 is 1.93 bits per heavy atom. The Balaban J connectivity index is 1.84. The number of halogens is 2. The molecular formula is C22H16Cl2N2OS. The molecule has 0 atom stereocenters. The van der Waals surface area contributed by atoms with E-state index in [1.54, 1.807) is 23.5 Å². The number of hydrogen-bond donors (Lipinski definition) is 1. The molecule has 0 fully saturated rings. The fraction of sp³-hybridized carbons (Fsp3) is 0.0909. The number of nitrogens with zero attached hydrogens (tertiary/aromatic N) is 1. The zero-order valence-electron chi connectivity index (χ0n) is 15.0. The molecule has 28 heavy (non-hydrogen) atoms. The van der Waals surface area contributed by atoms with Crippen LogP contribution < -0.4 is 5.32 Å². The number of amides is 1. The molecule has 0 aliphatic heterocycles. The molecule has 0 unspecified atom stereocenters. The summed E-state index contributed by atoms with van der Waals surface area (Å²) in [5.74, 6) is -0.129. The van der Waals surface area contributed by atoms with Gasteiger partial charge in [0.05, 0.1) is 28.3 Å². The molecule has 4 rings (SSSR count). The first-order valence-electron chi connectivity index (χ1n) is 8.70. The third-order valence-electron chi connectivity index (χ3n) is 4.55. The van der Waals surface area contributed by atoms with Crippen molar-refractivity contribution in [3.63, 3.8) is 0 Å². The van der Waals surface area contributed by atoms with Crippen LogP contribution in [0.2, 0.25) is 10.0 Å². The summed E-state index contributed by atoms with van der Waals surface area (Å²) in [6.45, 7) is 2.39. The lowest BCUT2D eigenvalue weighted by Crippen LogP contribution is -2.24. The van der Waals surface area contributed by atoms with E-state index in [4.69, 9.17) is 28.2 Å². The van der Waals surface area contributed by atoms with Crippen LogP contribution >= 0.6 is 34.5 Å². The molecule has 2 aromatic carbocycles. The number of para-hydroxylation sites is 1. The van der Waals surface area contributed by atoms with Crippen molar-refractivity contribution in [1.82, 2.24) is 10.3 Å². The number of aromatic nitrogens is 1. The molecule has 0 bridgehead atoms. The van der Waals surface area contributed by atoms with Crippen molar-refractivity contribution in [2.45, 2.75) is 13.5 Å². The van der Waals surface area contributed by atoms with Crippen molar-refractivity contribution >= 4 is 51.3 Å². The quantitative estimate of drug-likeness (QED) is 0.404. The summed E-state index contributed by atoms with van der Waals surface area (Å²) < 4.78 is 0. The lowest BCUT2D eigenvalue weighted by molar-refractivity contribution is 0.0952. The maximum atomic E-state index is 13.1. The van der Waals surface area contributed by atoms with E-state index in [0.29, 0.717) is 27.8 Å². The summed E-state index contributed by atoms with van der Waals surface area (Å²) in [6, 6.07) is 16.9. The smallest absolute Gasteiger partial charge is 0.252 e. The van der Waals surface area contributed by atoms with E-state index >= 15 is 0 Å². The Morgan fingerprint density at radius 1 is 1.11 bits per heavy atom. The second-order valence-corrected chi connectivity index (χ2v) is 8.24.